The van der Waals surface area contributed by atoms with Crippen molar-refractivity contribution in [2.75, 3.05) is 13.6 Å². The van der Waals surface area contributed by atoms with Crippen molar-refractivity contribution in [3.05, 3.63) is 65.2 Å². The molecule has 1 heterocycles. The maximum Gasteiger partial charge on any atom is 0.331 e. The molecule has 0 N–H and O–H groups in total. The number of carbonyl (C=O) groups excluding carboxylic acids is 3. The standard InChI is InChI=1S/C26H28N2O4S/c1-4-5-6-24(27-32-18(2)29)25(30)20-9-13-23(14-10-20)33-22-11-7-19(8-12-22)17-21-15-16-28(3)26(21)31/h7-14,17H,4-6,15-16H2,1-3H3/b21-17+,27-24+. The van der Waals surface area contributed by atoms with E-state index in [0.717, 1.165) is 46.7 Å². The van der Waals surface area contributed by atoms with E-state index in [2.05, 4.69) is 5.16 Å². The number of hydrogen-bond donors (Lipinski definition) is 0. The van der Waals surface area contributed by atoms with Crippen LogP contribution >= 0.6 is 11.8 Å². The van der Waals surface area contributed by atoms with Crippen LogP contribution < -0.4 is 0 Å². The summed E-state index contributed by atoms with van der Waals surface area (Å²) in [6.07, 6.45) is 4.89. The summed E-state index contributed by atoms with van der Waals surface area (Å²) in [6.45, 7) is 4.05. The number of benzene rings is 2. The number of carbonyl (C=O) groups is 3. The Balaban J connectivity index is 1.65. The first-order chi connectivity index (χ1) is 15.9. The second kappa shape index (κ2) is 11.6. The third kappa shape index (κ3) is 6.89. The molecule has 0 unspecified atom stereocenters. The summed E-state index contributed by atoms with van der Waals surface area (Å²) in [5.74, 6) is -0.683. The Morgan fingerprint density at radius 2 is 1.73 bits per heavy atom. The number of rotatable bonds is 9. The van der Waals surface area contributed by atoms with Crippen LogP contribution in [0, 0.1) is 0 Å². The zero-order chi connectivity index (χ0) is 23.8. The molecule has 2 aromatic rings. The number of Topliss-reactive ketones (excluding diaryl/α,β-unsaturated/α-hetero) is 1. The quantitative estimate of drug-likeness (QED) is 0.164. The van der Waals surface area contributed by atoms with Gasteiger partial charge in [-0.05, 0) is 67.3 Å². The first kappa shape index (κ1) is 24.5. The molecule has 0 aromatic heterocycles. The summed E-state index contributed by atoms with van der Waals surface area (Å²) < 4.78 is 0. The minimum atomic E-state index is -0.548. The molecule has 1 fully saturated rings. The number of likely N-dealkylation sites (tertiary alicyclic amines) is 1. The van der Waals surface area contributed by atoms with Gasteiger partial charge in [0.15, 0.2) is 0 Å². The fourth-order valence-electron chi connectivity index (χ4n) is 3.35. The highest BCUT2D eigenvalue weighted by molar-refractivity contribution is 7.99. The smallest absolute Gasteiger partial charge is 0.331 e. The lowest BCUT2D eigenvalue weighted by Gasteiger charge is -2.07. The number of ketones is 1. The van der Waals surface area contributed by atoms with Gasteiger partial charge in [-0.1, -0.05) is 42.4 Å². The third-order valence-electron chi connectivity index (χ3n) is 5.22. The van der Waals surface area contributed by atoms with E-state index in [1.807, 2.05) is 56.4 Å². The van der Waals surface area contributed by atoms with Crippen LogP contribution in [0.1, 0.15) is 55.5 Å². The summed E-state index contributed by atoms with van der Waals surface area (Å²) in [6, 6.07) is 15.4. The van der Waals surface area contributed by atoms with E-state index in [-0.39, 0.29) is 17.4 Å². The normalized spacial score (nSPS) is 15.2. The van der Waals surface area contributed by atoms with E-state index >= 15 is 0 Å². The predicted molar refractivity (Wildman–Crippen MR) is 130 cm³/mol. The molecule has 33 heavy (non-hydrogen) atoms. The van der Waals surface area contributed by atoms with Gasteiger partial charge in [-0.25, -0.2) is 4.79 Å². The molecule has 0 saturated carbocycles. The lowest BCUT2D eigenvalue weighted by molar-refractivity contribution is -0.140. The second-order valence-corrected chi connectivity index (χ2v) is 9.04. The largest absolute Gasteiger partial charge is 0.342 e. The van der Waals surface area contributed by atoms with Gasteiger partial charge in [0.1, 0.15) is 5.71 Å². The molecule has 1 aliphatic heterocycles. The van der Waals surface area contributed by atoms with Gasteiger partial charge in [0, 0.05) is 41.4 Å². The van der Waals surface area contributed by atoms with E-state index in [0.29, 0.717) is 12.0 Å². The molecule has 6 nitrogen and oxygen atoms in total. The molecule has 0 spiro atoms. The maximum atomic E-state index is 12.8. The number of nitrogens with zero attached hydrogens (tertiary/aromatic N) is 2. The van der Waals surface area contributed by atoms with E-state index in [4.69, 9.17) is 4.84 Å². The van der Waals surface area contributed by atoms with Crippen molar-refractivity contribution in [3.63, 3.8) is 0 Å². The average Bonchev–Trinajstić information content (AvgIpc) is 3.12. The van der Waals surface area contributed by atoms with Crippen molar-refractivity contribution in [1.82, 2.24) is 4.90 Å². The molecule has 3 rings (SSSR count). The van der Waals surface area contributed by atoms with Gasteiger partial charge in [0.25, 0.3) is 0 Å². The van der Waals surface area contributed by atoms with Gasteiger partial charge in [-0.15, -0.1) is 0 Å². The molecule has 0 atom stereocenters. The summed E-state index contributed by atoms with van der Waals surface area (Å²) in [4.78, 5) is 44.4. The zero-order valence-corrected chi connectivity index (χ0v) is 20.0. The molecule has 2 aromatic carbocycles. The number of unbranched alkanes of at least 4 members (excludes halogenated alkanes) is 1. The lowest BCUT2D eigenvalue weighted by Crippen LogP contribution is -2.18. The summed E-state index contributed by atoms with van der Waals surface area (Å²) in [5.41, 5.74) is 2.61. The molecule has 7 heteroatoms. The number of hydrogen-bond acceptors (Lipinski definition) is 6. The molecular weight excluding hydrogens is 436 g/mol. The predicted octanol–water partition coefficient (Wildman–Crippen LogP) is 5.38. The number of oxime groups is 1. The van der Waals surface area contributed by atoms with Crippen molar-refractivity contribution in [2.24, 2.45) is 5.16 Å². The topological polar surface area (TPSA) is 76.0 Å². The van der Waals surface area contributed by atoms with Crippen molar-refractivity contribution in [1.29, 1.82) is 0 Å². The average molecular weight is 465 g/mol. The fraction of sp³-hybridized carbons (Fsp3) is 0.308. The van der Waals surface area contributed by atoms with Gasteiger partial charge in [0.2, 0.25) is 11.7 Å². The van der Waals surface area contributed by atoms with Crippen molar-refractivity contribution in [2.45, 2.75) is 49.3 Å². The highest BCUT2D eigenvalue weighted by Crippen LogP contribution is 2.29. The summed E-state index contributed by atoms with van der Waals surface area (Å²) >= 11 is 1.59. The molecule has 172 valence electrons. The number of amides is 1. The molecule has 1 aliphatic rings. The maximum absolute atomic E-state index is 12.8. The van der Waals surface area contributed by atoms with Crippen LogP contribution in [0.5, 0.6) is 0 Å². The van der Waals surface area contributed by atoms with E-state index < -0.39 is 5.97 Å². The van der Waals surface area contributed by atoms with Crippen LogP contribution in [0.15, 0.2) is 69.1 Å². The first-order valence-corrected chi connectivity index (χ1v) is 11.8. The minimum absolute atomic E-state index is 0.0961. The third-order valence-corrected chi connectivity index (χ3v) is 6.24. The van der Waals surface area contributed by atoms with Gasteiger partial charge < -0.3 is 9.74 Å². The first-order valence-electron chi connectivity index (χ1n) is 11.0. The van der Waals surface area contributed by atoms with Gasteiger partial charge in [-0.2, -0.15) is 0 Å². The van der Waals surface area contributed by atoms with Crippen LogP contribution in [-0.2, 0) is 14.4 Å². The Morgan fingerprint density at radius 1 is 1.09 bits per heavy atom. The Kier molecular flexibility index (Phi) is 8.60. The minimum Gasteiger partial charge on any atom is -0.342 e. The molecule has 0 aliphatic carbocycles. The van der Waals surface area contributed by atoms with Gasteiger partial charge in [-0.3, -0.25) is 9.59 Å². The van der Waals surface area contributed by atoms with E-state index in [1.165, 1.54) is 6.92 Å². The van der Waals surface area contributed by atoms with Crippen molar-refractivity contribution >= 4 is 41.2 Å². The highest BCUT2D eigenvalue weighted by Gasteiger charge is 2.22. The summed E-state index contributed by atoms with van der Waals surface area (Å²) in [5, 5.41) is 3.76. The van der Waals surface area contributed by atoms with Gasteiger partial charge >= 0.3 is 5.97 Å². The number of likely N-dealkylation sites (N-methyl/N-ethyl adjacent to an activating group) is 1. The Bertz CT molecular complexity index is 1070. The van der Waals surface area contributed by atoms with Crippen molar-refractivity contribution in [3.8, 4) is 0 Å². The van der Waals surface area contributed by atoms with Crippen LogP contribution in [0.4, 0.5) is 0 Å². The van der Waals surface area contributed by atoms with Crippen molar-refractivity contribution < 1.29 is 19.2 Å². The molecule has 0 bridgehead atoms. The molecule has 1 saturated heterocycles. The summed E-state index contributed by atoms with van der Waals surface area (Å²) in [7, 11) is 1.82. The van der Waals surface area contributed by atoms with Crippen LogP contribution in [0.25, 0.3) is 6.08 Å². The fourth-order valence-corrected chi connectivity index (χ4v) is 4.17. The Hall–Kier alpha value is -3.19. The van der Waals surface area contributed by atoms with Gasteiger partial charge in [0.05, 0.1) is 0 Å². The van der Waals surface area contributed by atoms with E-state index in [9.17, 15) is 14.4 Å². The molecule has 0 radical (unpaired) electrons. The monoisotopic (exact) mass is 464 g/mol. The Morgan fingerprint density at radius 3 is 2.27 bits per heavy atom. The van der Waals surface area contributed by atoms with E-state index in [1.54, 1.807) is 28.8 Å². The second-order valence-electron chi connectivity index (χ2n) is 7.90. The highest BCUT2D eigenvalue weighted by atomic mass is 32.2. The SMILES string of the molecule is CCCC/C(=N\OC(C)=O)C(=O)c1ccc(Sc2ccc(/C=C3\CCN(C)C3=O)cc2)cc1. The van der Waals surface area contributed by atoms with Crippen LogP contribution in [0.3, 0.4) is 0 Å². The Labute approximate surface area is 198 Å². The van der Waals surface area contributed by atoms with Crippen LogP contribution in [-0.4, -0.2) is 41.9 Å². The lowest BCUT2D eigenvalue weighted by atomic mass is 10.0. The zero-order valence-electron chi connectivity index (χ0n) is 19.2. The van der Waals surface area contributed by atoms with Crippen LogP contribution in [0.2, 0.25) is 0 Å². The molecular formula is C26H28N2O4S. The molecule has 1 amide bonds.